The van der Waals surface area contributed by atoms with Crippen LogP contribution in [-0.2, 0) is 5.75 Å². The number of hydrogen-bond acceptors (Lipinski definition) is 3. The van der Waals surface area contributed by atoms with E-state index in [0.717, 1.165) is 16.8 Å². The van der Waals surface area contributed by atoms with E-state index in [9.17, 15) is 5.11 Å². The zero-order chi connectivity index (χ0) is 13.1. The average Bonchev–Trinajstić information content (AvgIpc) is 2.47. The molecule has 0 unspecified atom stereocenters. The van der Waals surface area contributed by atoms with Gasteiger partial charge in [-0.15, -0.1) is 11.8 Å². The molecule has 0 aliphatic carbocycles. The molecule has 19 heavy (non-hydrogen) atoms. The van der Waals surface area contributed by atoms with Crippen molar-refractivity contribution in [1.82, 2.24) is 4.98 Å². The molecule has 0 fully saturated rings. The van der Waals surface area contributed by atoms with Crippen LogP contribution in [0.4, 0.5) is 0 Å². The summed E-state index contributed by atoms with van der Waals surface area (Å²) in [6.07, 6.45) is 0. The molecule has 0 radical (unpaired) electrons. The number of aromatic hydroxyl groups is 1. The Hall–Kier alpha value is -2.00. The molecule has 1 heterocycles. The molecule has 0 saturated heterocycles. The van der Waals surface area contributed by atoms with E-state index in [1.807, 2.05) is 42.5 Å². The topological polar surface area (TPSA) is 33.1 Å². The summed E-state index contributed by atoms with van der Waals surface area (Å²) in [5.41, 5.74) is 1.65. The highest BCUT2D eigenvalue weighted by molar-refractivity contribution is 7.98. The van der Waals surface area contributed by atoms with Gasteiger partial charge in [-0.3, -0.25) is 0 Å². The molecule has 2 aromatic carbocycles. The largest absolute Gasteiger partial charge is 0.506 e. The van der Waals surface area contributed by atoms with Gasteiger partial charge in [0.05, 0.1) is 5.69 Å². The van der Waals surface area contributed by atoms with Gasteiger partial charge in [-0.2, -0.15) is 0 Å². The van der Waals surface area contributed by atoms with Crippen molar-refractivity contribution in [2.45, 2.75) is 10.6 Å². The lowest BCUT2D eigenvalue weighted by Gasteiger charge is -2.04. The Morgan fingerprint density at radius 3 is 2.58 bits per heavy atom. The monoisotopic (exact) mass is 267 g/mol. The lowest BCUT2D eigenvalue weighted by Crippen LogP contribution is -1.88. The fourth-order valence-electron chi connectivity index (χ4n) is 1.93. The van der Waals surface area contributed by atoms with Gasteiger partial charge < -0.3 is 5.11 Å². The predicted octanol–water partition coefficient (Wildman–Crippen LogP) is 4.23. The third-order valence-corrected chi connectivity index (χ3v) is 3.93. The van der Waals surface area contributed by atoms with Crippen molar-refractivity contribution in [3.05, 3.63) is 66.4 Å². The smallest absolute Gasteiger partial charge is 0.141 e. The molecule has 0 bridgehead atoms. The normalized spacial score (nSPS) is 10.7. The lowest BCUT2D eigenvalue weighted by molar-refractivity contribution is 0.480. The van der Waals surface area contributed by atoms with Gasteiger partial charge >= 0.3 is 0 Å². The third-order valence-electron chi connectivity index (χ3n) is 2.89. The predicted molar refractivity (Wildman–Crippen MR) is 79.4 cm³/mol. The zero-order valence-electron chi connectivity index (χ0n) is 10.3. The highest BCUT2D eigenvalue weighted by atomic mass is 32.2. The van der Waals surface area contributed by atoms with E-state index in [2.05, 4.69) is 17.1 Å². The van der Waals surface area contributed by atoms with E-state index in [1.54, 1.807) is 17.8 Å². The first-order valence-corrected chi connectivity index (χ1v) is 7.07. The number of thioether (sulfide) groups is 1. The number of aromatic nitrogens is 1. The molecule has 3 heteroatoms. The van der Waals surface area contributed by atoms with Gasteiger partial charge in [0.25, 0.3) is 0 Å². The van der Waals surface area contributed by atoms with Gasteiger partial charge in [-0.1, -0.05) is 36.4 Å². The van der Waals surface area contributed by atoms with E-state index >= 15 is 0 Å². The quantitative estimate of drug-likeness (QED) is 0.721. The molecule has 2 nitrogen and oxygen atoms in total. The van der Waals surface area contributed by atoms with Crippen LogP contribution in [0.15, 0.2) is 65.6 Å². The summed E-state index contributed by atoms with van der Waals surface area (Å²) in [6.45, 7) is 0. The molecular formula is C16H13NOS. The SMILES string of the molecule is Oc1cccc2ccc(CSc3ccccc3)nc12. The van der Waals surface area contributed by atoms with E-state index in [4.69, 9.17) is 0 Å². The van der Waals surface area contributed by atoms with Crippen LogP contribution in [0.3, 0.4) is 0 Å². The number of para-hydroxylation sites is 1. The fraction of sp³-hybridized carbons (Fsp3) is 0.0625. The van der Waals surface area contributed by atoms with Crippen LogP contribution >= 0.6 is 11.8 Å². The highest BCUT2D eigenvalue weighted by Gasteiger charge is 2.03. The van der Waals surface area contributed by atoms with Crippen molar-refractivity contribution < 1.29 is 5.11 Å². The number of nitrogens with zero attached hydrogens (tertiary/aromatic N) is 1. The van der Waals surface area contributed by atoms with Crippen molar-refractivity contribution in [1.29, 1.82) is 0 Å². The van der Waals surface area contributed by atoms with Crippen LogP contribution < -0.4 is 0 Å². The maximum absolute atomic E-state index is 9.81. The van der Waals surface area contributed by atoms with Crippen LogP contribution in [0.5, 0.6) is 5.75 Å². The Balaban J connectivity index is 1.84. The summed E-state index contributed by atoms with van der Waals surface area (Å²) >= 11 is 1.74. The first-order chi connectivity index (χ1) is 9.33. The summed E-state index contributed by atoms with van der Waals surface area (Å²) in [6, 6.07) is 19.7. The molecular weight excluding hydrogens is 254 g/mol. The second-order valence-corrected chi connectivity index (χ2v) is 5.30. The van der Waals surface area contributed by atoms with Crippen molar-refractivity contribution in [3.8, 4) is 5.75 Å². The molecule has 1 aromatic heterocycles. The van der Waals surface area contributed by atoms with Gasteiger partial charge in [0.2, 0.25) is 0 Å². The summed E-state index contributed by atoms with van der Waals surface area (Å²) in [7, 11) is 0. The van der Waals surface area contributed by atoms with E-state index in [1.165, 1.54) is 4.90 Å². The van der Waals surface area contributed by atoms with E-state index in [-0.39, 0.29) is 5.75 Å². The summed E-state index contributed by atoms with van der Waals surface area (Å²) < 4.78 is 0. The third kappa shape index (κ3) is 2.71. The van der Waals surface area contributed by atoms with Crippen molar-refractivity contribution in [2.24, 2.45) is 0 Å². The maximum atomic E-state index is 9.81. The summed E-state index contributed by atoms with van der Waals surface area (Å²) in [5, 5.41) is 10.8. The number of phenolic OH excluding ortho intramolecular Hbond substituents is 1. The maximum Gasteiger partial charge on any atom is 0.141 e. The molecule has 1 N–H and O–H groups in total. The van der Waals surface area contributed by atoms with Gasteiger partial charge in [0, 0.05) is 16.0 Å². The number of benzene rings is 2. The molecule has 0 aliphatic heterocycles. The number of fused-ring (bicyclic) bond motifs is 1. The highest BCUT2D eigenvalue weighted by Crippen LogP contribution is 2.25. The van der Waals surface area contributed by atoms with E-state index in [0.29, 0.717) is 5.52 Å². The minimum Gasteiger partial charge on any atom is -0.506 e. The minimum atomic E-state index is 0.240. The van der Waals surface area contributed by atoms with Crippen LogP contribution in [0.2, 0.25) is 0 Å². The van der Waals surface area contributed by atoms with Gasteiger partial charge in [-0.25, -0.2) is 4.98 Å². The van der Waals surface area contributed by atoms with Crippen LogP contribution in [0, 0.1) is 0 Å². The van der Waals surface area contributed by atoms with Crippen molar-refractivity contribution >= 4 is 22.7 Å². The standard InChI is InChI=1S/C16H13NOS/c18-15-8-4-5-12-9-10-13(17-16(12)15)11-19-14-6-2-1-3-7-14/h1-10,18H,11H2. The molecule has 0 atom stereocenters. The number of phenols is 1. The van der Waals surface area contributed by atoms with Gasteiger partial charge in [0.15, 0.2) is 0 Å². The molecule has 0 spiro atoms. The Morgan fingerprint density at radius 2 is 1.74 bits per heavy atom. The summed E-state index contributed by atoms with van der Waals surface area (Å²) in [4.78, 5) is 5.74. The number of pyridine rings is 1. The average molecular weight is 267 g/mol. The van der Waals surface area contributed by atoms with Crippen LogP contribution in [0.1, 0.15) is 5.69 Å². The lowest BCUT2D eigenvalue weighted by atomic mass is 10.2. The summed E-state index contributed by atoms with van der Waals surface area (Å²) in [5.74, 6) is 1.04. The second kappa shape index (κ2) is 5.33. The first kappa shape index (κ1) is 12.1. The Morgan fingerprint density at radius 1 is 0.895 bits per heavy atom. The van der Waals surface area contributed by atoms with Crippen molar-refractivity contribution in [3.63, 3.8) is 0 Å². The minimum absolute atomic E-state index is 0.240. The van der Waals surface area contributed by atoms with Gasteiger partial charge in [0.1, 0.15) is 11.3 Å². The molecule has 0 amide bonds. The molecule has 0 saturated carbocycles. The Kier molecular flexibility index (Phi) is 3.38. The Labute approximate surface area is 116 Å². The molecule has 94 valence electrons. The number of rotatable bonds is 3. The van der Waals surface area contributed by atoms with Crippen molar-refractivity contribution in [2.75, 3.05) is 0 Å². The molecule has 3 aromatic rings. The fourth-order valence-corrected chi connectivity index (χ4v) is 2.75. The molecule has 3 rings (SSSR count). The zero-order valence-corrected chi connectivity index (χ0v) is 11.1. The van der Waals surface area contributed by atoms with E-state index < -0.39 is 0 Å². The first-order valence-electron chi connectivity index (χ1n) is 6.08. The van der Waals surface area contributed by atoms with Crippen LogP contribution in [-0.4, -0.2) is 10.1 Å². The van der Waals surface area contributed by atoms with Gasteiger partial charge in [-0.05, 0) is 24.3 Å². The van der Waals surface area contributed by atoms with Crippen LogP contribution in [0.25, 0.3) is 10.9 Å². The number of hydrogen-bond donors (Lipinski definition) is 1. The molecule has 0 aliphatic rings. The second-order valence-electron chi connectivity index (χ2n) is 4.25. The Bertz CT molecular complexity index is 697.